The number of aryl methyl sites for hydroxylation is 1. The standard InChI is InChI=1S/C15H12F2O2/c1-8-3-4-10-9-5-6-12(18-2)14(17)11(9)7-19-15(10)13(8)16/h3-6H,7H2,1-2H3. The third kappa shape index (κ3) is 1.67. The average molecular weight is 262 g/mol. The van der Waals surface area contributed by atoms with Crippen molar-refractivity contribution in [2.75, 3.05) is 7.11 Å². The first-order valence-electron chi connectivity index (χ1n) is 5.91. The van der Waals surface area contributed by atoms with Gasteiger partial charge >= 0.3 is 0 Å². The van der Waals surface area contributed by atoms with Crippen LogP contribution in [-0.2, 0) is 6.61 Å². The Morgan fingerprint density at radius 2 is 1.79 bits per heavy atom. The number of rotatable bonds is 1. The molecular formula is C15H12F2O2. The number of methoxy groups -OCH3 is 1. The first kappa shape index (κ1) is 12.0. The van der Waals surface area contributed by atoms with Crippen LogP contribution < -0.4 is 9.47 Å². The summed E-state index contributed by atoms with van der Waals surface area (Å²) in [6.45, 7) is 1.68. The molecule has 0 atom stereocenters. The molecule has 2 aromatic rings. The van der Waals surface area contributed by atoms with Gasteiger partial charge in [-0.2, -0.15) is 0 Å². The first-order chi connectivity index (χ1) is 9.13. The molecule has 0 unspecified atom stereocenters. The molecule has 0 aromatic heterocycles. The Kier molecular flexibility index (Phi) is 2.66. The van der Waals surface area contributed by atoms with E-state index in [0.717, 1.165) is 0 Å². The molecule has 2 aromatic carbocycles. The molecule has 0 radical (unpaired) electrons. The summed E-state index contributed by atoms with van der Waals surface area (Å²) in [5.74, 6) is -0.485. The van der Waals surface area contributed by atoms with E-state index in [-0.39, 0.29) is 23.9 Å². The van der Waals surface area contributed by atoms with Crippen LogP contribution in [0.4, 0.5) is 8.78 Å². The van der Waals surface area contributed by atoms with Gasteiger partial charge in [-0.1, -0.05) is 12.1 Å². The Labute approximate surface area is 109 Å². The summed E-state index contributed by atoms with van der Waals surface area (Å²) in [5.41, 5.74) is 2.13. The van der Waals surface area contributed by atoms with Gasteiger partial charge in [0.25, 0.3) is 0 Å². The fraction of sp³-hybridized carbons (Fsp3) is 0.200. The minimum absolute atomic E-state index is 0.00569. The largest absolute Gasteiger partial charge is 0.494 e. The van der Waals surface area contributed by atoms with Crippen molar-refractivity contribution < 1.29 is 18.3 Å². The van der Waals surface area contributed by atoms with Crippen molar-refractivity contribution in [1.29, 1.82) is 0 Å². The Morgan fingerprint density at radius 3 is 2.53 bits per heavy atom. The number of halogens is 2. The summed E-state index contributed by atoms with van der Waals surface area (Å²) in [6.07, 6.45) is 0. The minimum Gasteiger partial charge on any atom is -0.494 e. The van der Waals surface area contributed by atoms with Gasteiger partial charge in [-0.25, -0.2) is 8.78 Å². The molecule has 1 heterocycles. The second-order valence-electron chi connectivity index (χ2n) is 4.47. The number of hydrogen-bond donors (Lipinski definition) is 0. The van der Waals surface area contributed by atoms with Gasteiger partial charge in [0.05, 0.1) is 7.11 Å². The van der Waals surface area contributed by atoms with Crippen LogP contribution in [0.15, 0.2) is 24.3 Å². The molecule has 0 saturated heterocycles. The molecule has 98 valence electrons. The van der Waals surface area contributed by atoms with Crippen LogP contribution in [-0.4, -0.2) is 7.11 Å². The van der Waals surface area contributed by atoms with Crippen LogP contribution in [0.5, 0.6) is 11.5 Å². The number of hydrogen-bond acceptors (Lipinski definition) is 2. The highest BCUT2D eigenvalue weighted by atomic mass is 19.1. The SMILES string of the molecule is COc1ccc2c(c1F)COc1c-2ccc(C)c1F. The number of benzene rings is 2. The Hall–Kier alpha value is -2.10. The van der Waals surface area contributed by atoms with E-state index in [0.29, 0.717) is 22.3 Å². The van der Waals surface area contributed by atoms with Crippen LogP contribution in [0.3, 0.4) is 0 Å². The maximum atomic E-state index is 14.1. The highest BCUT2D eigenvalue weighted by Gasteiger charge is 2.25. The summed E-state index contributed by atoms with van der Waals surface area (Å²) in [7, 11) is 1.41. The fourth-order valence-corrected chi connectivity index (χ4v) is 2.30. The quantitative estimate of drug-likeness (QED) is 0.777. The van der Waals surface area contributed by atoms with Crippen LogP contribution in [0.2, 0.25) is 0 Å². The Morgan fingerprint density at radius 1 is 1.05 bits per heavy atom. The van der Waals surface area contributed by atoms with Gasteiger partial charge in [0, 0.05) is 11.1 Å². The lowest BCUT2D eigenvalue weighted by molar-refractivity contribution is 0.277. The van der Waals surface area contributed by atoms with Crippen LogP contribution in [0.1, 0.15) is 11.1 Å². The van der Waals surface area contributed by atoms with Crippen LogP contribution in [0, 0.1) is 18.6 Å². The van der Waals surface area contributed by atoms with E-state index in [1.165, 1.54) is 7.11 Å². The Bertz CT molecular complexity index is 666. The topological polar surface area (TPSA) is 18.5 Å². The lowest BCUT2D eigenvalue weighted by atomic mass is 9.95. The van der Waals surface area contributed by atoms with E-state index in [2.05, 4.69) is 0 Å². The van der Waals surface area contributed by atoms with Gasteiger partial charge in [0.2, 0.25) is 0 Å². The predicted molar refractivity (Wildman–Crippen MR) is 67.4 cm³/mol. The molecule has 1 aliphatic rings. The van der Waals surface area contributed by atoms with Crippen molar-refractivity contribution in [3.8, 4) is 22.6 Å². The molecule has 19 heavy (non-hydrogen) atoms. The summed E-state index contributed by atoms with van der Waals surface area (Å²) in [5, 5.41) is 0. The molecule has 0 N–H and O–H groups in total. The normalized spacial score (nSPS) is 12.4. The summed E-state index contributed by atoms with van der Waals surface area (Å²) in [4.78, 5) is 0. The van der Waals surface area contributed by atoms with Crippen molar-refractivity contribution in [2.24, 2.45) is 0 Å². The van der Waals surface area contributed by atoms with Crippen LogP contribution >= 0.6 is 0 Å². The number of ether oxygens (including phenoxy) is 2. The van der Waals surface area contributed by atoms with E-state index in [4.69, 9.17) is 9.47 Å². The van der Waals surface area contributed by atoms with Crippen molar-refractivity contribution >= 4 is 0 Å². The molecule has 1 aliphatic heterocycles. The summed E-state index contributed by atoms with van der Waals surface area (Å²) in [6, 6.07) is 6.68. The highest BCUT2D eigenvalue weighted by molar-refractivity contribution is 5.76. The van der Waals surface area contributed by atoms with Gasteiger partial charge in [-0.05, 0) is 30.2 Å². The first-order valence-corrected chi connectivity index (χ1v) is 5.91. The monoisotopic (exact) mass is 262 g/mol. The minimum atomic E-state index is -0.452. The summed E-state index contributed by atoms with van der Waals surface area (Å²) >= 11 is 0. The average Bonchev–Trinajstić information content (AvgIpc) is 2.43. The van der Waals surface area contributed by atoms with Gasteiger partial charge in [0.1, 0.15) is 6.61 Å². The van der Waals surface area contributed by atoms with E-state index in [1.54, 1.807) is 31.2 Å². The molecule has 0 spiro atoms. The smallest absolute Gasteiger partial charge is 0.172 e. The van der Waals surface area contributed by atoms with Gasteiger partial charge in [-0.3, -0.25) is 0 Å². The second-order valence-corrected chi connectivity index (χ2v) is 4.47. The van der Waals surface area contributed by atoms with E-state index in [1.807, 2.05) is 0 Å². The lowest BCUT2D eigenvalue weighted by Gasteiger charge is -2.23. The lowest BCUT2D eigenvalue weighted by Crippen LogP contribution is -2.10. The highest BCUT2D eigenvalue weighted by Crippen LogP contribution is 2.42. The Balaban J connectivity index is 2.26. The van der Waals surface area contributed by atoms with Gasteiger partial charge in [0.15, 0.2) is 23.1 Å². The molecule has 0 saturated carbocycles. The zero-order valence-corrected chi connectivity index (χ0v) is 10.6. The van der Waals surface area contributed by atoms with E-state index in [9.17, 15) is 8.78 Å². The molecular weight excluding hydrogens is 250 g/mol. The third-order valence-electron chi connectivity index (χ3n) is 3.37. The zero-order chi connectivity index (χ0) is 13.6. The maximum Gasteiger partial charge on any atom is 0.172 e. The van der Waals surface area contributed by atoms with Crippen LogP contribution in [0.25, 0.3) is 11.1 Å². The maximum absolute atomic E-state index is 14.1. The molecule has 4 heteroatoms. The summed E-state index contributed by atoms with van der Waals surface area (Å²) < 4.78 is 38.4. The zero-order valence-electron chi connectivity index (χ0n) is 10.6. The van der Waals surface area contributed by atoms with Gasteiger partial charge in [-0.15, -0.1) is 0 Å². The number of fused-ring (bicyclic) bond motifs is 3. The molecule has 2 nitrogen and oxygen atoms in total. The fourth-order valence-electron chi connectivity index (χ4n) is 2.30. The van der Waals surface area contributed by atoms with E-state index >= 15 is 0 Å². The molecule has 0 amide bonds. The van der Waals surface area contributed by atoms with Crippen molar-refractivity contribution in [2.45, 2.75) is 13.5 Å². The molecule has 0 bridgehead atoms. The van der Waals surface area contributed by atoms with Gasteiger partial charge < -0.3 is 9.47 Å². The van der Waals surface area contributed by atoms with Crippen molar-refractivity contribution in [3.63, 3.8) is 0 Å². The predicted octanol–water partition coefficient (Wildman–Crippen LogP) is 3.84. The van der Waals surface area contributed by atoms with E-state index < -0.39 is 5.82 Å². The molecule has 0 fully saturated rings. The van der Waals surface area contributed by atoms with Crippen molar-refractivity contribution in [1.82, 2.24) is 0 Å². The molecule has 3 rings (SSSR count). The molecule has 0 aliphatic carbocycles. The second kappa shape index (κ2) is 4.23. The van der Waals surface area contributed by atoms with Crippen molar-refractivity contribution in [3.05, 3.63) is 47.0 Å². The third-order valence-corrected chi connectivity index (χ3v) is 3.37.